The van der Waals surface area contributed by atoms with Gasteiger partial charge in [-0.3, -0.25) is 9.59 Å². The van der Waals surface area contributed by atoms with Crippen LogP contribution >= 0.6 is 43.5 Å². The number of nitrogens with zero attached hydrogens (tertiary/aromatic N) is 1. The molecule has 0 heterocycles. The summed E-state index contributed by atoms with van der Waals surface area (Å²) in [6, 6.07) is 24.7. The normalized spacial score (nSPS) is 10.7. The first-order valence-corrected chi connectivity index (χ1v) is 13.0. The van der Waals surface area contributed by atoms with Crippen molar-refractivity contribution >= 4 is 73.1 Å². The van der Waals surface area contributed by atoms with Crippen molar-refractivity contribution < 1.29 is 19.1 Å². The third-order valence-corrected chi connectivity index (χ3v) is 6.39. The third-order valence-electron chi connectivity index (χ3n) is 5.11. The predicted molar refractivity (Wildman–Crippen MR) is 154 cm³/mol. The number of hydrogen-bond donors (Lipinski definition) is 2. The lowest BCUT2D eigenvalue weighted by atomic mass is 10.1. The zero-order valence-electron chi connectivity index (χ0n) is 19.5. The lowest BCUT2D eigenvalue weighted by molar-refractivity contribution is 0.0734. The second kappa shape index (κ2) is 12.6. The highest BCUT2D eigenvalue weighted by atomic mass is 79.9. The number of benzene rings is 4. The topological polar surface area (TPSA) is 96.9 Å². The molecular weight excluding hydrogens is 638 g/mol. The van der Waals surface area contributed by atoms with Crippen molar-refractivity contribution in [3.63, 3.8) is 0 Å². The molecule has 0 fully saturated rings. The fourth-order valence-electron chi connectivity index (χ4n) is 3.23. The van der Waals surface area contributed by atoms with Crippen LogP contribution < -0.4 is 15.5 Å². The van der Waals surface area contributed by atoms with Crippen LogP contribution in [0.25, 0.3) is 0 Å². The molecule has 2 amide bonds. The molecule has 2 N–H and O–H groups in total. The van der Waals surface area contributed by atoms with Crippen molar-refractivity contribution in [2.45, 2.75) is 0 Å². The van der Waals surface area contributed by atoms with Crippen LogP contribution in [0.2, 0.25) is 5.02 Å². The first-order chi connectivity index (χ1) is 18.3. The summed E-state index contributed by atoms with van der Waals surface area (Å²) in [5.41, 5.74) is 4.46. The van der Waals surface area contributed by atoms with Gasteiger partial charge >= 0.3 is 5.97 Å². The van der Waals surface area contributed by atoms with Gasteiger partial charge in [0.05, 0.1) is 11.8 Å². The Morgan fingerprint density at radius 3 is 2.18 bits per heavy atom. The molecular formula is C28H18Br2ClN3O4. The minimum Gasteiger partial charge on any atom is -0.422 e. The van der Waals surface area contributed by atoms with E-state index in [9.17, 15) is 14.4 Å². The molecule has 0 aromatic heterocycles. The molecule has 0 radical (unpaired) electrons. The van der Waals surface area contributed by atoms with Crippen molar-refractivity contribution in [1.29, 1.82) is 0 Å². The summed E-state index contributed by atoms with van der Waals surface area (Å²) in [5.74, 6) is -1.10. The fraction of sp³-hybridized carbons (Fsp3) is 0. The molecule has 4 rings (SSSR count). The van der Waals surface area contributed by atoms with Crippen molar-refractivity contribution in [1.82, 2.24) is 5.43 Å². The van der Waals surface area contributed by atoms with Crippen molar-refractivity contribution in [2.24, 2.45) is 5.10 Å². The highest BCUT2D eigenvalue weighted by Crippen LogP contribution is 2.23. The highest BCUT2D eigenvalue weighted by Gasteiger charge is 2.13. The van der Waals surface area contributed by atoms with Crippen LogP contribution in [0, 0.1) is 0 Å². The van der Waals surface area contributed by atoms with E-state index in [2.05, 4.69) is 47.7 Å². The van der Waals surface area contributed by atoms with Crippen LogP contribution in [-0.2, 0) is 0 Å². The Labute approximate surface area is 240 Å². The third kappa shape index (κ3) is 7.38. The number of nitrogens with one attached hydrogen (secondary N) is 2. The summed E-state index contributed by atoms with van der Waals surface area (Å²) in [6.45, 7) is 0. The molecule has 0 aliphatic heterocycles. The van der Waals surface area contributed by atoms with Crippen LogP contribution in [0.3, 0.4) is 0 Å². The van der Waals surface area contributed by atoms with E-state index in [-0.39, 0.29) is 11.7 Å². The van der Waals surface area contributed by atoms with Crippen LogP contribution in [0.1, 0.15) is 36.6 Å². The summed E-state index contributed by atoms with van der Waals surface area (Å²) >= 11 is 12.6. The molecule has 0 saturated carbocycles. The van der Waals surface area contributed by atoms with E-state index in [1.54, 1.807) is 91.0 Å². The van der Waals surface area contributed by atoms with E-state index in [1.165, 1.54) is 6.21 Å². The molecule has 7 nitrogen and oxygen atoms in total. The van der Waals surface area contributed by atoms with Crippen LogP contribution in [0.5, 0.6) is 5.75 Å². The summed E-state index contributed by atoms with van der Waals surface area (Å²) in [7, 11) is 0. The maximum atomic E-state index is 12.7. The fourth-order valence-corrected chi connectivity index (χ4v) is 3.99. The number of hydrazone groups is 1. The zero-order chi connectivity index (χ0) is 27.1. The maximum absolute atomic E-state index is 12.7. The Morgan fingerprint density at radius 1 is 0.763 bits per heavy atom. The number of halogens is 3. The van der Waals surface area contributed by atoms with Gasteiger partial charge in [0.15, 0.2) is 0 Å². The summed E-state index contributed by atoms with van der Waals surface area (Å²) < 4.78 is 7.11. The quantitative estimate of drug-likeness (QED) is 0.0961. The van der Waals surface area contributed by atoms with Gasteiger partial charge in [0, 0.05) is 36.3 Å². The highest BCUT2D eigenvalue weighted by molar-refractivity contribution is 9.10. The van der Waals surface area contributed by atoms with Crippen LogP contribution in [-0.4, -0.2) is 24.0 Å². The summed E-state index contributed by atoms with van der Waals surface area (Å²) in [6.07, 6.45) is 1.37. The molecule has 0 spiro atoms. The molecule has 0 bridgehead atoms. The van der Waals surface area contributed by atoms with Gasteiger partial charge in [-0.1, -0.05) is 49.5 Å². The SMILES string of the molecule is O=C(NN=Cc1cc(Br)ccc1OC(=O)c1ccc(Cl)cc1)c1cccc(NC(=O)c2ccc(Br)cc2)c1. The van der Waals surface area contributed by atoms with Crippen LogP contribution in [0.4, 0.5) is 5.69 Å². The lowest BCUT2D eigenvalue weighted by Gasteiger charge is -2.09. The van der Waals surface area contributed by atoms with Gasteiger partial charge in [-0.2, -0.15) is 5.10 Å². The number of hydrogen-bond acceptors (Lipinski definition) is 5. The number of rotatable bonds is 7. The van der Waals surface area contributed by atoms with Crippen LogP contribution in [0.15, 0.2) is 105 Å². The van der Waals surface area contributed by atoms with Gasteiger partial charge in [0.1, 0.15) is 5.75 Å². The number of amides is 2. The molecule has 0 aliphatic carbocycles. The van der Waals surface area contributed by atoms with E-state index >= 15 is 0 Å². The first kappa shape index (κ1) is 27.3. The average Bonchev–Trinajstić information content (AvgIpc) is 2.91. The van der Waals surface area contributed by atoms with E-state index in [1.807, 2.05) is 0 Å². The van der Waals surface area contributed by atoms with E-state index in [4.69, 9.17) is 16.3 Å². The predicted octanol–water partition coefficient (Wildman–Crippen LogP) is 7.10. The Morgan fingerprint density at radius 2 is 1.45 bits per heavy atom. The smallest absolute Gasteiger partial charge is 0.343 e. The van der Waals surface area contributed by atoms with Gasteiger partial charge in [0.2, 0.25) is 0 Å². The second-order valence-electron chi connectivity index (χ2n) is 7.82. The standard InChI is InChI=1S/C28H18Br2ClN3O4/c29-21-8-4-17(5-9-21)26(35)33-24-3-1-2-19(15-24)27(36)34-32-16-20-14-22(30)10-13-25(20)38-28(37)18-6-11-23(31)12-7-18/h1-16H,(H,33,35)(H,34,36). The molecule has 4 aromatic carbocycles. The number of esters is 1. The molecule has 4 aromatic rings. The number of ether oxygens (including phenoxy) is 1. The summed E-state index contributed by atoms with van der Waals surface area (Å²) in [4.78, 5) is 37.7. The second-order valence-corrected chi connectivity index (χ2v) is 10.1. The minimum absolute atomic E-state index is 0.254. The largest absolute Gasteiger partial charge is 0.422 e. The average molecular weight is 656 g/mol. The van der Waals surface area contributed by atoms with Gasteiger partial charge in [-0.25, -0.2) is 10.2 Å². The minimum atomic E-state index is -0.565. The van der Waals surface area contributed by atoms with E-state index in [0.717, 1.165) is 8.95 Å². The number of carbonyl (C=O) groups excluding carboxylic acids is 3. The van der Waals surface area contributed by atoms with Gasteiger partial charge < -0.3 is 10.1 Å². The molecule has 190 valence electrons. The van der Waals surface area contributed by atoms with E-state index in [0.29, 0.717) is 33.0 Å². The lowest BCUT2D eigenvalue weighted by Crippen LogP contribution is -2.18. The monoisotopic (exact) mass is 653 g/mol. The van der Waals surface area contributed by atoms with Crippen molar-refractivity contribution in [3.05, 3.63) is 127 Å². The molecule has 38 heavy (non-hydrogen) atoms. The molecule has 0 unspecified atom stereocenters. The number of carbonyl (C=O) groups is 3. The zero-order valence-corrected chi connectivity index (χ0v) is 23.4. The molecule has 10 heteroatoms. The maximum Gasteiger partial charge on any atom is 0.343 e. The van der Waals surface area contributed by atoms with Gasteiger partial charge in [0.25, 0.3) is 11.8 Å². The Balaban J connectivity index is 1.42. The van der Waals surface area contributed by atoms with Gasteiger partial charge in [-0.15, -0.1) is 0 Å². The first-order valence-electron chi connectivity index (χ1n) is 11.1. The number of anilines is 1. The van der Waals surface area contributed by atoms with E-state index < -0.39 is 11.9 Å². The molecule has 0 aliphatic rings. The Bertz CT molecular complexity index is 1520. The molecule has 0 saturated heterocycles. The van der Waals surface area contributed by atoms with Crippen molar-refractivity contribution in [2.75, 3.05) is 5.32 Å². The van der Waals surface area contributed by atoms with Gasteiger partial charge in [-0.05, 0) is 84.9 Å². The summed E-state index contributed by atoms with van der Waals surface area (Å²) in [5, 5.41) is 7.29. The van der Waals surface area contributed by atoms with Crippen molar-refractivity contribution in [3.8, 4) is 5.75 Å². The Kier molecular flexibility index (Phi) is 9.06. The molecule has 0 atom stereocenters. The Hall–Kier alpha value is -3.79.